The number of hydrogen-bond donors (Lipinski definition) is 1. The first-order chi connectivity index (χ1) is 11.1. The largest absolute Gasteiger partial charge is 0.383 e. The number of nitrogens with one attached hydrogen (secondary N) is 1. The summed E-state index contributed by atoms with van der Waals surface area (Å²) < 4.78 is 1.13. The van der Waals surface area contributed by atoms with Gasteiger partial charge in [0.15, 0.2) is 0 Å². The smallest absolute Gasteiger partial charge is 0.292 e. The van der Waals surface area contributed by atoms with Crippen molar-refractivity contribution in [3.05, 3.63) is 62.6 Å². The Morgan fingerprint density at radius 3 is 2.78 bits per heavy atom. The molecule has 3 aromatic rings. The van der Waals surface area contributed by atoms with E-state index in [2.05, 4.69) is 28.5 Å². The topological polar surface area (TPSA) is 68.1 Å². The number of nitro benzene ring substituents is 1. The van der Waals surface area contributed by atoms with E-state index in [0.717, 1.165) is 20.8 Å². The lowest BCUT2D eigenvalue weighted by Crippen LogP contribution is -1.96. The van der Waals surface area contributed by atoms with Gasteiger partial charge in [0, 0.05) is 13.1 Å². The molecule has 0 amide bonds. The van der Waals surface area contributed by atoms with E-state index >= 15 is 0 Å². The van der Waals surface area contributed by atoms with Crippen molar-refractivity contribution < 1.29 is 4.92 Å². The van der Waals surface area contributed by atoms with Crippen LogP contribution in [0, 0.1) is 17.0 Å². The fourth-order valence-corrected chi connectivity index (χ4v) is 3.16. The van der Waals surface area contributed by atoms with Gasteiger partial charge in [-0.3, -0.25) is 10.1 Å². The average molecular weight is 325 g/mol. The summed E-state index contributed by atoms with van der Waals surface area (Å²) in [5.74, 6) is 0. The molecule has 0 aliphatic heterocycles. The molecule has 0 aliphatic rings. The highest BCUT2D eigenvalue weighted by molar-refractivity contribution is 7.19. The van der Waals surface area contributed by atoms with Gasteiger partial charge in [-0.15, -0.1) is 11.3 Å². The molecule has 0 aliphatic carbocycles. The van der Waals surface area contributed by atoms with Crippen molar-refractivity contribution in [2.24, 2.45) is 0 Å². The third-order valence-corrected chi connectivity index (χ3v) is 4.47. The van der Waals surface area contributed by atoms with Gasteiger partial charge in [0.2, 0.25) is 0 Å². The molecule has 1 N–H and O–H groups in total. The maximum absolute atomic E-state index is 11.1. The third kappa shape index (κ3) is 3.22. The number of aromatic nitrogens is 1. The number of hydrogen-bond acceptors (Lipinski definition) is 5. The summed E-state index contributed by atoms with van der Waals surface area (Å²) in [6.45, 7) is 2.04. The first-order valence-corrected chi connectivity index (χ1v) is 7.90. The Hall–Kier alpha value is -2.73. The minimum Gasteiger partial charge on any atom is -0.383 e. The van der Waals surface area contributed by atoms with Crippen LogP contribution in [0.25, 0.3) is 22.4 Å². The van der Waals surface area contributed by atoms with Gasteiger partial charge in [-0.2, -0.15) is 0 Å². The van der Waals surface area contributed by atoms with Gasteiger partial charge in [-0.1, -0.05) is 18.2 Å². The third-order valence-electron chi connectivity index (χ3n) is 3.47. The van der Waals surface area contributed by atoms with Crippen LogP contribution in [0.15, 0.2) is 36.4 Å². The molecule has 5 nitrogen and oxygen atoms in total. The second-order valence-corrected chi connectivity index (χ2v) is 6.20. The van der Waals surface area contributed by atoms with Crippen LogP contribution in [-0.4, -0.2) is 17.0 Å². The minimum atomic E-state index is -0.385. The molecule has 0 unspecified atom stereocenters. The Morgan fingerprint density at radius 1 is 1.22 bits per heavy atom. The van der Waals surface area contributed by atoms with Gasteiger partial charge >= 0.3 is 0 Å². The standard InChI is InChI=1S/C17H15N3O2S/c1-11-3-7-16-14(9-11)19-17(23-16)8-5-12-4-6-13(18-2)15(10-12)20(21)22/h3-10,18H,1-2H3/b8-5+. The summed E-state index contributed by atoms with van der Waals surface area (Å²) >= 11 is 1.60. The highest BCUT2D eigenvalue weighted by Gasteiger charge is 2.12. The van der Waals surface area contributed by atoms with Crippen molar-refractivity contribution in [3.8, 4) is 0 Å². The Bertz CT molecular complexity index is 915. The second kappa shape index (κ2) is 6.18. The van der Waals surface area contributed by atoms with Gasteiger partial charge in [-0.25, -0.2) is 4.98 Å². The molecule has 0 fully saturated rings. The maximum Gasteiger partial charge on any atom is 0.292 e. The van der Waals surface area contributed by atoms with E-state index in [1.165, 1.54) is 5.56 Å². The van der Waals surface area contributed by atoms with E-state index in [4.69, 9.17) is 0 Å². The summed E-state index contributed by atoms with van der Waals surface area (Å²) in [5.41, 5.74) is 3.49. The number of fused-ring (bicyclic) bond motifs is 1. The van der Waals surface area contributed by atoms with E-state index in [-0.39, 0.29) is 10.6 Å². The lowest BCUT2D eigenvalue weighted by Gasteiger charge is -2.02. The number of nitrogens with zero attached hydrogens (tertiary/aromatic N) is 2. The summed E-state index contributed by atoms with van der Waals surface area (Å²) in [6, 6.07) is 11.3. The number of thiazole rings is 1. The lowest BCUT2D eigenvalue weighted by atomic mass is 10.1. The highest BCUT2D eigenvalue weighted by atomic mass is 32.1. The lowest BCUT2D eigenvalue weighted by molar-refractivity contribution is -0.383. The Balaban J connectivity index is 1.92. The maximum atomic E-state index is 11.1. The molecule has 0 atom stereocenters. The number of aryl methyl sites for hydroxylation is 1. The zero-order valence-electron chi connectivity index (χ0n) is 12.7. The summed E-state index contributed by atoms with van der Waals surface area (Å²) in [4.78, 5) is 15.3. The SMILES string of the molecule is CNc1ccc(/C=C/c2nc3cc(C)ccc3s2)cc1[N+](=O)[O-]. The molecule has 23 heavy (non-hydrogen) atoms. The second-order valence-electron chi connectivity index (χ2n) is 5.14. The van der Waals surface area contributed by atoms with Crippen LogP contribution in [0.1, 0.15) is 16.1 Å². The fourth-order valence-electron chi connectivity index (χ4n) is 2.31. The molecule has 1 heterocycles. The fraction of sp³-hybridized carbons (Fsp3) is 0.118. The van der Waals surface area contributed by atoms with Crippen molar-refractivity contribution in [3.63, 3.8) is 0 Å². The molecule has 0 bridgehead atoms. The number of benzene rings is 2. The van der Waals surface area contributed by atoms with E-state index in [1.807, 2.05) is 25.1 Å². The first-order valence-electron chi connectivity index (χ1n) is 7.08. The van der Waals surface area contributed by atoms with Crippen molar-refractivity contribution >= 4 is 45.1 Å². The van der Waals surface area contributed by atoms with Crippen LogP contribution in [0.4, 0.5) is 11.4 Å². The Labute approximate surface area is 137 Å². The monoisotopic (exact) mass is 325 g/mol. The van der Waals surface area contributed by atoms with Gasteiger partial charge in [0.25, 0.3) is 5.69 Å². The number of nitro groups is 1. The molecule has 3 rings (SSSR count). The summed E-state index contributed by atoms with van der Waals surface area (Å²) in [6.07, 6.45) is 3.73. The summed E-state index contributed by atoms with van der Waals surface area (Å²) in [7, 11) is 1.67. The minimum absolute atomic E-state index is 0.0644. The normalized spacial score (nSPS) is 11.2. The molecule has 1 aromatic heterocycles. The van der Waals surface area contributed by atoms with E-state index in [9.17, 15) is 10.1 Å². The van der Waals surface area contributed by atoms with Crippen LogP contribution in [0.5, 0.6) is 0 Å². The molecule has 0 saturated heterocycles. The van der Waals surface area contributed by atoms with Crippen LogP contribution in [0.2, 0.25) is 0 Å². The summed E-state index contributed by atoms with van der Waals surface area (Å²) in [5, 5.41) is 14.8. The van der Waals surface area contributed by atoms with Gasteiger partial charge in [0.1, 0.15) is 10.7 Å². The molecular formula is C17H15N3O2S. The Kier molecular flexibility index (Phi) is 4.08. The number of rotatable bonds is 4. The van der Waals surface area contributed by atoms with Crippen LogP contribution in [-0.2, 0) is 0 Å². The van der Waals surface area contributed by atoms with Crippen LogP contribution < -0.4 is 5.32 Å². The molecule has 0 spiro atoms. The van der Waals surface area contributed by atoms with Crippen LogP contribution >= 0.6 is 11.3 Å². The van der Waals surface area contributed by atoms with Crippen molar-refractivity contribution in [2.75, 3.05) is 12.4 Å². The van der Waals surface area contributed by atoms with Crippen LogP contribution in [0.3, 0.4) is 0 Å². The van der Waals surface area contributed by atoms with Crippen molar-refractivity contribution in [1.82, 2.24) is 4.98 Å². The van der Waals surface area contributed by atoms with Crippen molar-refractivity contribution in [1.29, 1.82) is 0 Å². The molecule has 116 valence electrons. The molecule has 0 radical (unpaired) electrons. The highest BCUT2D eigenvalue weighted by Crippen LogP contribution is 2.27. The molecule has 2 aromatic carbocycles. The zero-order valence-corrected chi connectivity index (χ0v) is 13.6. The van der Waals surface area contributed by atoms with E-state index < -0.39 is 0 Å². The first kappa shape index (κ1) is 15.2. The quantitative estimate of drug-likeness (QED) is 0.556. The van der Waals surface area contributed by atoms with Gasteiger partial charge in [0.05, 0.1) is 15.1 Å². The van der Waals surface area contributed by atoms with E-state index in [1.54, 1.807) is 30.5 Å². The Morgan fingerprint density at radius 2 is 2.04 bits per heavy atom. The molecular weight excluding hydrogens is 310 g/mol. The van der Waals surface area contributed by atoms with Gasteiger partial charge < -0.3 is 5.32 Å². The zero-order chi connectivity index (χ0) is 16.4. The predicted octanol–water partition coefficient (Wildman–Crippen LogP) is 4.73. The average Bonchev–Trinajstić information content (AvgIpc) is 2.94. The predicted molar refractivity (Wildman–Crippen MR) is 95.9 cm³/mol. The molecule has 0 saturated carbocycles. The number of anilines is 1. The molecule has 6 heteroatoms. The van der Waals surface area contributed by atoms with Gasteiger partial charge in [-0.05, 0) is 42.3 Å². The van der Waals surface area contributed by atoms with Crippen molar-refractivity contribution in [2.45, 2.75) is 6.92 Å². The van der Waals surface area contributed by atoms with E-state index in [0.29, 0.717) is 5.69 Å².